The van der Waals surface area contributed by atoms with Crippen molar-refractivity contribution in [1.82, 2.24) is 5.32 Å². The average Bonchev–Trinajstić information content (AvgIpc) is 3.21. The van der Waals surface area contributed by atoms with Gasteiger partial charge in [-0.3, -0.25) is 14.9 Å². The topological polar surface area (TPSA) is 72.2 Å². The molecule has 27 heavy (non-hydrogen) atoms. The SMILES string of the molecule is CC(Sc1ccc([N+](=O)[O-])cc1)C(=O)NC(c1ccccc1)c1cccs1. The first-order chi connectivity index (χ1) is 13.0. The first-order valence-corrected chi connectivity index (χ1v) is 10.1. The number of hydrogen-bond donors (Lipinski definition) is 1. The molecule has 1 aromatic heterocycles. The minimum absolute atomic E-state index is 0.0401. The van der Waals surface area contributed by atoms with Crippen LogP contribution in [0.4, 0.5) is 5.69 Å². The van der Waals surface area contributed by atoms with Crippen molar-refractivity contribution >= 4 is 34.7 Å². The van der Waals surface area contributed by atoms with E-state index in [9.17, 15) is 14.9 Å². The summed E-state index contributed by atoms with van der Waals surface area (Å²) in [4.78, 5) is 25.0. The van der Waals surface area contributed by atoms with Crippen molar-refractivity contribution in [3.63, 3.8) is 0 Å². The highest BCUT2D eigenvalue weighted by atomic mass is 32.2. The molecule has 1 heterocycles. The van der Waals surface area contributed by atoms with Crippen molar-refractivity contribution in [3.8, 4) is 0 Å². The Hall–Kier alpha value is -2.64. The molecule has 0 aliphatic heterocycles. The van der Waals surface area contributed by atoms with Gasteiger partial charge in [-0.15, -0.1) is 23.1 Å². The number of rotatable bonds is 7. The molecule has 1 N–H and O–H groups in total. The Kier molecular flexibility index (Phi) is 6.26. The molecule has 7 heteroatoms. The Balaban J connectivity index is 1.70. The van der Waals surface area contributed by atoms with Gasteiger partial charge in [0, 0.05) is 21.9 Å². The predicted octanol–water partition coefficient (Wildman–Crippen LogP) is 5.04. The Morgan fingerprint density at radius 3 is 2.37 bits per heavy atom. The van der Waals surface area contributed by atoms with E-state index >= 15 is 0 Å². The van der Waals surface area contributed by atoms with Crippen LogP contribution in [0, 0.1) is 10.1 Å². The van der Waals surface area contributed by atoms with Gasteiger partial charge in [0.15, 0.2) is 0 Å². The van der Waals surface area contributed by atoms with Crippen LogP contribution in [-0.2, 0) is 4.79 Å². The van der Waals surface area contributed by atoms with E-state index < -0.39 is 4.92 Å². The van der Waals surface area contributed by atoms with Crippen LogP contribution in [0.2, 0.25) is 0 Å². The highest BCUT2D eigenvalue weighted by Gasteiger charge is 2.22. The van der Waals surface area contributed by atoms with E-state index in [4.69, 9.17) is 0 Å². The molecule has 138 valence electrons. The van der Waals surface area contributed by atoms with Gasteiger partial charge < -0.3 is 5.32 Å². The molecule has 2 unspecified atom stereocenters. The monoisotopic (exact) mass is 398 g/mol. The van der Waals surface area contributed by atoms with Crippen LogP contribution >= 0.6 is 23.1 Å². The van der Waals surface area contributed by atoms with Gasteiger partial charge in [-0.2, -0.15) is 0 Å². The lowest BCUT2D eigenvalue weighted by molar-refractivity contribution is -0.384. The van der Waals surface area contributed by atoms with Gasteiger partial charge in [-0.05, 0) is 36.1 Å². The summed E-state index contributed by atoms with van der Waals surface area (Å²) in [7, 11) is 0. The summed E-state index contributed by atoms with van der Waals surface area (Å²) in [5.74, 6) is -0.0828. The van der Waals surface area contributed by atoms with Crippen LogP contribution in [0.5, 0.6) is 0 Å². The molecule has 2 aromatic carbocycles. The van der Waals surface area contributed by atoms with Gasteiger partial charge in [0.25, 0.3) is 5.69 Å². The fourth-order valence-corrected chi connectivity index (χ4v) is 4.26. The highest BCUT2D eigenvalue weighted by Crippen LogP contribution is 2.29. The van der Waals surface area contributed by atoms with Gasteiger partial charge in [0.2, 0.25) is 5.91 Å². The van der Waals surface area contributed by atoms with Gasteiger partial charge in [0.05, 0.1) is 16.2 Å². The minimum Gasteiger partial charge on any atom is -0.343 e. The molecular weight excluding hydrogens is 380 g/mol. The second kappa shape index (κ2) is 8.83. The number of nitrogens with zero attached hydrogens (tertiary/aromatic N) is 1. The van der Waals surface area contributed by atoms with Crippen LogP contribution in [0.15, 0.2) is 77.0 Å². The lowest BCUT2D eigenvalue weighted by Crippen LogP contribution is -2.34. The van der Waals surface area contributed by atoms with Crippen molar-refractivity contribution < 1.29 is 9.72 Å². The minimum atomic E-state index is -0.434. The van der Waals surface area contributed by atoms with Crippen molar-refractivity contribution in [1.29, 1.82) is 0 Å². The largest absolute Gasteiger partial charge is 0.343 e. The molecule has 2 atom stereocenters. The number of amides is 1. The molecule has 3 aromatic rings. The molecule has 3 rings (SSSR count). The number of thiophene rings is 1. The molecule has 0 aliphatic carbocycles. The van der Waals surface area contributed by atoms with Crippen LogP contribution in [-0.4, -0.2) is 16.1 Å². The maximum absolute atomic E-state index is 12.8. The first kappa shape index (κ1) is 19.1. The molecule has 0 aliphatic rings. The number of carbonyl (C=O) groups is 1. The van der Waals surface area contributed by atoms with E-state index in [-0.39, 0.29) is 22.9 Å². The van der Waals surface area contributed by atoms with E-state index in [1.807, 2.05) is 54.8 Å². The Morgan fingerprint density at radius 2 is 1.78 bits per heavy atom. The van der Waals surface area contributed by atoms with Crippen LogP contribution < -0.4 is 5.32 Å². The van der Waals surface area contributed by atoms with Crippen molar-refractivity contribution in [2.24, 2.45) is 0 Å². The van der Waals surface area contributed by atoms with Gasteiger partial charge in [-0.25, -0.2) is 0 Å². The fraction of sp³-hybridized carbons (Fsp3) is 0.150. The fourth-order valence-electron chi connectivity index (χ4n) is 2.58. The molecule has 0 saturated heterocycles. The molecule has 0 bridgehead atoms. The lowest BCUT2D eigenvalue weighted by atomic mass is 10.1. The molecule has 1 amide bonds. The molecule has 0 radical (unpaired) electrons. The summed E-state index contributed by atoms with van der Waals surface area (Å²) < 4.78 is 0. The number of nitrogens with one attached hydrogen (secondary N) is 1. The smallest absolute Gasteiger partial charge is 0.269 e. The third-order valence-electron chi connectivity index (χ3n) is 3.98. The molecule has 0 fully saturated rings. The molecular formula is C20H18N2O3S2. The van der Waals surface area contributed by atoms with E-state index in [0.29, 0.717) is 0 Å². The maximum atomic E-state index is 12.8. The molecule has 0 spiro atoms. The second-order valence-electron chi connectivity index (χ2n) is 5.88. The summed E-state index contributed by atoms with van der Waals surface area (Å²) >= 11 is 2.98. The number of non-ortho nitro benzene ring substituents is 1. The van der Waals surface area contributed by atoms with Gasteiger partial charge in [0.1, 0.15) is 0 Å². The van der Waals surface area contributed by atoms with Crippen LogP contribution in [0.3, 0.4) is 0 Å². The third kappa shape index (κ3) is 4.96. The standard InChI is InChI=1S/C20H18N2O3S2/c1-14(27-17-11-9-16(10-12-17)22(24)25)20(23)21-19(18-8-5-13-26-18)15-6-3-2-4-7-15/h2-14,19H,1H3,(H,21,23). The maximum Gasteiger partial charge on any atom is 0.269 e. The number of benzene rings is 2. The Labute approximate surface area is 165 Å². The Bertz CT molecular complexity index is 897. The zero-order valence-electron chi connectivity index (χ0n) is 14.6. The summed E-state index contributed by atoms with van der Waals surface area (Å²) in [5, 5.41) is 15.5. The van der Waals surface area contributed by atoms with Crippen LogP contribution in [0.25, 0.3) is 0 Å². The van der Waals surface area contributed by atoms with E-state index in [1.54, 1.807) is 23.5 Å². The first-order valence-electron chi connectivity index (χ1n) is 8.34. The predicted molar refractivity (Wildman–Crippen MR) is 109 cm³/mol. The quantitative estimate of drug-likeness (QED) is 0.344. The molecule has 0 saturated carbocycles. The number of thioether (sulfide) groups is 1. The van der Waals surface area contributed by atoms with Crippen molar-refractivity contribution in [2.75, 3.05) is 0 Å². The summed E-state index contributed by atoms with van der Waals surface area (Å²) in [6.45, 7) is 1.83. The van der Waals surface area contributed by atoms with Crippen LogP contribution in [0.1, 0.15) is 23.4 Å². The zero-order valence-corrected chi connectivity index (χ0v) is 16.2. The van der Waals surface area contributed by atoms with Crippen molar-refractivity contribution in [2.45, 2.75) is 23.1 Å². The number of hydrogen-bond acceptors (Lipinski definition) is 5. The van der Waals surface area contributed by atoms with Crippen molar-refractivity contribution in [3.05, 3.63) is 92.7 Å². The zero-order chi connectivity index (χ0) is 19.2. The second-order valence-corrected chi connectivity index (χ2v) is 8.27. The van der Waals surface area contributed by atoms with E-state index in [2.05, 4.69) is 5.32 Å². The average molecular weight is 399 g/mol. The number of carbonyl (C=O) groups excluding carboxylic acids is 1. The number of nitro groups is 1. The van der Waals surface area contributed by atoms with E-state index in [0.717, 1.165) is 15.3 Å². The van der Waals surface area contributed by atoms with Gasteiger partial charge >= 0.3 is 0 Å². The normalized spacial score (nSPS) is 12.9. The summed E-state index contributed by atoms with van der Waals surface area (Å²) in [6, 6.07) is 19.9. The summed E-state index contributed by atoms with van der Waals surface area (Å²) in [5.41, 5.74) is 1.07. The lowest BCUT2D eigenvalue weighted by Gasteiger charge is -2.20. The third-order valence-corrected chi connectivity index (χ3v) is 6.03. The summed E-state index contributed by atoms with van der Waals surface area (Å²) in [6.07, 6.45) is 0. The highest BCUT2D eigenvalue weighted by molar-refractivity contribution is 8.00. The Morgan fingerprint density at radius 1 is 1.07 bits per heavy atom. The van der Waals surface area contributed by atoms with E-state index in [1.165, 1.54) is 23.9 Å². The van der Waals surface area contributed by atoms with Gasteiger partial charge in [-0.1, -0.05) is 36.4 Å². The number of nitro benzene ring substituents is 1. The molecule has 5 nitrogen and oxygen atoms in total.